The monoisotopic (exact) mass is 266 g/mol. The highest BCUT2D eigenvalue weighted by Crippen LogP contribution is 2.41. The lowest BCUT2D eigenvalue weighted by atomic mass is 9.80. The predicted molar refractivity (Wildman–Crippen MR) is 74.5 cm³/mol. The van der Waals surface area contributed by atoms with E-state index in [1.165, 1.54) is 12.8 Å². The van der Waals surface area contributed by atoms with Crippen LogP contribution in [0.3, 0.4) is 0 Å². The number of nitrogens with zero attached hydrogens (tertiary/aromatic N) is 3. The number of nitrogens with two attached hydrogens (primary N) is 1. The van der Waals surface area contributed by atoms with Crippen molar-refractivity contribution in [3.8, 4) is 0 Å². The van der Waals surface area contributed by atoms with Crippen molar-refractivity contribution in [2.75, 3.05) is 13.2 Å². The minimum Gasteiger partial charge on any atom is -0.396 e. The van der Waals surface area contributed by atoms with E-state index < -0.39 is 0 Å². The fourth-order valence-electron chi connectivity index (χ4n) is 2.61. The first-order valence-corrected chi connectivity index (χ1v) is 7.26. The molecule has 19 heavy (non-hydrogen) atoms. The number of hydrogen-bond donors (Lipinski definition) is 2. The number of rotatable bonds is 8. The maximum Gasteiger partial charge on any atom is 0.138 e. The Kier molecular flexibility index (Phi) is 4.58. The summed E-state index contributed by atoms with van der Waals surface area (Å²) >= 11 is 0. The molecule has 1 heterocycles. The lowest BCUT2D eigenvalue weighted by molar-refractivity contribution is 0.112. The molecule has 1 aromatic heterocycles. The quantitative estimate of drug-likeness (QED) is 0.741. The summed E-state index contributed by atoms with van der Waals surface area (Å²) in [5, 5.41) is 14.1. The van der Waals surface area contributed by atoms with Gasteiger partial charge in [-0.05, 0) is 18.3 Å². The maximum atomic E-state index is 9.79. The molecular weight excluding hydrogens is 240 g/mol. The Hall–Kier alpha value is -0.940. The van der Waals surface area contributed by atoms with Crippen molar-refractivity contribution in [2.24, 2.45) is 23.0 Å². The Bertz CT molecular complexity index is 394. The Morgan fingerprint density at radius 3 is 2.79 bits per heavy atom. The molecule has 1 aliphatic rings. The summed E-state index contributed by atoms with van der Waals surface area (Å²) in [6.45, 7) is 5.84. The van der Waals surface area contributed by atoms with Crippen molar-refractivity contribution < 1.29 is 5.11 Å². The topological polar surface area (TPSA) is 77.0 Å². The predicted octanol–water partition coefficient (Wildman–Crippen LogP) is 1.21. The first-order valence-electron chi connectivity index (χ1n) is 7.26. The molecule has 5 nitrogen and oxygen atoms in total. The van der Waals surface area contributed by atoms with Crippen LogP contribution in [0.25, 0.3) is 0 Å². The smallest absolute Gasteiger partial charge is 0.138 e. The third-order valence-corrected chi connectivity index (χ3v) is 3.95. The van der Waals surface area contributed by atoms with E-state index in [-0.39, 0.29) is 12.0 Å². The molecule has 3 N–H and O–H groups in total. The summed E-state index contributed by atoms with van der Waals surface area (Å²) in [4.78, 5) is 4.36. The second-order valence-corrected chi connectivity index (χ2v) is 6.44. The minimum absolute atomic E-state index is 0.133. The number of aromatic nitrogens is 3. The molecular formula is C14H26N4O. The molecule has 0 aromatic carbocycles. The molecule has 1 fully saturated rings. The van der Waals surface area contributed by atoms with Crippen molar-refractivity contribution in [1.29, 1.82) is 0 Å². The molecule has 0 saturated heterocycles. The third kappa shape index (κ3) is 3.76. The van der Waals surface area contributed by atoms with Gasteiger partial charge in [-0.3, -0.25) is 0 Å². The fourth-order valence-corrected chi connectivity index (χ4v) is 2.61. The number of aliphatic hydroxyl groups excluding tert-OH is 1. The van der Waals surface area contributed by atoms with Crippen LogP contribution in [0.15, 0.2) is 6.33 Å². The van der Waals surface area contributed by atoms with Crippen LogP contribution >= 0.6 is 0 Å². The van der Waals surface area contributed by atoms with Gasteiger partial charge in [-0.1, -0.05) is 26.7 Å². The molecule has 1 aliphatic carbocycles. The summed E-state index contributed by atoms with van der Waals surface area (Å²) in [6, 6.07) is 0. The molecule has 0 amide bonds. The van der Waals surface area contributed by atoms with E-state index in [2.05, 4.69) is 23.9 Å². The van der Waals surface area contributed by atoms with Gasteiger partial charge in [0.25, 0.3) is 0 Å². The van der Waals surface area contributed by atoms with Crippen LogP contribution in [0.4, 0.5) is 0 Å². The van der Waals surface area contributed by atoms with Crippen LogP contribution in [0.5, 0.6) is 0 Å². The highest BCUT2D eigenvalue weighted by Gasteiger charge is 2.37. The van der Waals surface area contributed by atoms with E-state index in [1.54, 1.807) is 6.33 Å². The lowest BCUT2D eigenvalue weighted by Crippen LogP contribution is -2.38. The van der Waals surface area contributed by atoms with Gasteiger partial charge in [0.1, 0.15) is 12.2 Å². The largest absolute Gasteiger partial charge is 0.396 e. The van der Waals surface area contributed by atoms with Crippen LogP contribution in [0, 0.1) is 17.3 Å². The van der Waals surface area contributed by atoms with Gasteiger partial charge in [-0.25, -0.2) is 9.67 Å². The van der Waals surface area contributed by atoms with Crippen LogP contribution in [0.1, 0.15) is 38.9 Å². The molecule has 1 atom stereocenters. The van der Waals surface area contributed by atoms with Gasteiger partial charge < -0.3 is 10.8 Å². The van der Waals surface area contributed by atoms with Crippen molar-refractivity contribution in [3.05, 3.63) is 12.2 Å². The molecule has 0 radical (unpaired) electrons. The van der Waals surface area contributed by atoms with E-state index in [0.717, 1.165) is 31.1 Å². The van der Waals surface area contributed by atoms with E-state index in [0.29, 0.717) is 12.5 Å². The number of hydrogen-bond acceptors (Lipinski definition) is 4. The zero-order chi connectivity index (χ0) is 13.9. The van der Waals surface area contributed by atoms with Crippen molar-refractivity contribution >= 4 is 0 Å². The van der Waals surface area contributed by atoms with Gasteiger partial charge in [-0.2, -0.15) is 5.10 Å². The molecule has 2 rings (SSSR count). The van der Waals surface area contributed by atoms with Crippen molar-refractivity contribution in [3.63, 3.8) is 0 Å². The SMILES string of the molecule is CC(C)Cn1ncnc1CC(CN)(CO)CC1CC1. The zero-order valence-corrected chi connectivity index (χ0v) is 12.0. The number of aliphatic hydroxyl groups is 1. The molecule has 5 heteroatoms. The van der Waals surface area contributed by atoms with Crippen molar-refractivity contribution in [1.82, 2.24) is 14.8 Å². The zero-order valence-electron chi connectivity index (χ0n) is 12.0. The van der Waals surface area contributed by atoms with E-state index >= 15 is 0 Å². The standard InChI is InChI=1S/C14H26N4O/c1-11(2)7-18-13(16-10-17-18)6-14(8-15,9-19)5-12-3-4-12/h10-12,19H,3-9,15H2,1-2H3. The fraction of sp³-hybridized carbons (Fsp3) is 0.857. The maximum absolute atomic E-state index is 9.79. The Morgan fingerprint density at radius 1 is 1.53 bits per heavy atom. The molecule has 1 saturated carbocycles. The van der Waals surface area contributed by atoms with Gasteiger partial charge in [-0.15, -0.1) is 0 Å². The van der Waals surface area contributed by atoms with E-state index in [1.807, 2.05) is 4.68 Å². The Labute approximate surface area is 115 Å². The van der Waals surface area contributed by atoms with Crippen molar-refractivity contribution in [2.45, 2.75) is 46.1 Å². The van der Waals surface area contributed by atoms with Gasteiger partial charge >= 0.3 is 0 Å². The highest BCUT2D eigenvalue weighted by atomic mass is 16.3. The molecule has 0 spiro atoms. The van der Waals surface area contributed by atoms with Gasteiger partial charge in [0.05, 0.1) is 6.61 Å². The molecule has 1 aromatic rings. The summed E-state index contributed by atoms with van der Waals surface area (Å²) < 4.78 is 1.96. The van der Waals surface area contributed by atoms with Crippen LogP contribution in [-0.2, 0) is 13.0 Å². The van der Waals surface area contributed by atoms with Crippen LogP contribution in [-0.4, -0.2) is 33.0 Å². The molecule has 0 aliphatic heterocycles. The normalized spacial score (nSPS) is 18.8. The van der Waals surface area contributed by atoms with E-state index in [4.69, 9.17) is 5.73 Å². The van der Waals surface area contributed by atoms with Crippen LogP contribution < -0.4 is 5.73 Å². The summed E-state index contributed by atoms with van der Waals surface area (Å²) in [6.07, 6.45) is 5.89. The molecule has 108 valence electrons. The average Bonchev–Trinajstić information content (AvgIpc) is 3.09. The van der Waals surface area contributed by atoms with Gasteiger partial charge in [0.15, 0.2) is 0 Å². The molecule has 1 unspecified atom stereocenters. The van der Waals surface area contributed by atoms with E-state index in [9.17, 15) is 5.11 Å². The van der Waals surface area contributed by atoms with Crippen LogP contribution in [0.2, 0.25) is 0 Å². The molecule has 0 bridgehead atoms. The highest BCUT2D eigenvalue weighted by molar-refractivity contribution is 4.97. The summed E-state index contributed by atoms with van der Waals surface area (Å²) in [5.74, 6) is 2.23. The second kappa shape index (κ2) is 6.01. The summed E-state index contributed by atoms with van der Waals surface area (Å²) in [7, 11) is 0. The summed E-state index contributed by atoms with van der Waals surface area (Å²) in [5.41, 5.74) is 5.73. The minimum atomic E-state index is -0.219. The first-order chi connectivity index (χ1) is 9.08. The average molecular weight is 266 g/mol. The van der Waals surface area contributed by atoms with Gasteiger partial charge in [0.2, 0.25) is 0 Å². The third-order valence-electron chi connectivity index (χ3n) is 3.95. The Morgan fingerprint density at radius 2 is 2.26 bits per heavy atom. The lowest BCUT2D eigenvalue weighted by Gasteiger charge is -2.30. The van der Waals surface area contributed by atoms with Gasteiger partial charge in [0, 0.05) is 24.9 Å². The Balaban J connectivity index is 2.09. The second-order valence-electron chi connectivity index (χ2n) is 6.44. The first kappa shape index (κ1) is 14.5.